The lowest BCUT2D eigenvalue weighted by atomic mass is 9.97. The maximum Gasteiger partial charge on any atom is 0.120 e. The number of aryl methyl sites for hydroxylation is 1. The Hall–Kier alpha value is -1.51. The first-order valence-electron chi connectivity index (χ1n) is 7.36. The third kappa shape index (κ3) is 3.58. The van der Waals surface area contributed by atoms with E-state index in [0.717, 1.165) is 10.8 Å². The van der Waals surface area contributed by atoms with Crippen LogP contribution in [0, 0.1) is 6.92 Å². The maximum absolute atomic E-state index is 6.19. The van der Waals surface area contributed by atoms with Gasteiger partial charge in [-0.1, -0.05) is 29.8 Å². The fraction of sp³-hybridized carbons (Fsp3) is 0.333. The van der Waals surface area contributed by atoms with Gasteiger partial charge < -0.3 is 10.1 Å². The largest absolute Gasteiger partial charge is 0.490 e. The summed E-state index contributed by atoms with van der Waals surface area (Å²) in [6, 6.07) is 14.6. The minimum absolute atomic E-state index is 0.116. The second-order valence-corrected chi connectivity index (χ2v) is 6.11. The second kappa shape index (κ2) is 6.08. The molecule has 0 heterocycles. The van der Waals surface area contributed by atoms with Crippen LogP contribution in [-0.2, 0) is 0 Å². The lowest BCUT2D eigenvalue weighted by Gasteiger charge is -2.19. The average molecular weight is 302 g/mol. The standard InChI is InChI=1S/C18H20ClNO/c1-12-8-14(10-15(19)9-12)18(20-2)13-4-3-5-17(11-13)21-16-6-7-16/h3-5,8-11,16,18,20H,6-7H2,1-2H3. The molecular weight excluding hydrogens is 282 g/mol. The molecule has 0 saturated heterocycles. The van der Waals surface area contributed by atoms with Gasteiger partial charge in [-0.2, -0.15) is 0 Å². The first-order chi connectivity index (χ1) is 10.2. The molecule has 0 bridgehead atoms. The molecule has 0 amide bonds. The van der Waals surface area contributed by atoms with Gasteiger partial charge in [-0.15, -0.1) is 0 Å². The van der Waals surface area contributed by atoms with E-state index in [2.05, 4.69) is 36.5 Å². The molecular formula is C18H20ClNO. The highest BCUT2D eigenvalue weighted by atomic mass is 35.5. The van der Waals surface area contributed by atoms with Crippen molar-refractivity contribution in [2.24, 2.45) is 0 Å². The summed E-state index contributed by atoms with van der Waals surface area (Å²) in [7, 11) is 1.97. The van der Waals surface area contributed by atoms with Crippen LogP contribution in [0.5, 0.6) is 5.75 Å². The molecule has 0 spiro atoms. The fourth-order valence-electron chi connectivity index (χ4n) is 2.60. The van der Waals surface area contributed by atoms with Crippen molar-refractivity contribution < 1.29 is 4.74 Å². The molecule has 2 aromatic rings. The molecule has 0 radical (unpaired) electrons. The first-order valence-corrected chi connectivity index (χ1v) is 7.74. The number of nitrogens with one attached hydrogen (secondary N) is 1. The van der Waals surface area contributed by atoms with Gasteiger partial charge in [0.25, 0.3) is 0 Å². The topological polar surface area (TPSA) is 21.3 Å². The Morgan fingerprint density at radius 3 is 2.62 bits per heavy atom. The van der Waals surface area contributed by atoms with Gasteiger partial charge in [0.15, 0.2) is 0 Å². The maximum atomic E-state index is 6.19. The molecule has 1 N–H and O–H groups in total. The molecule has 3 heteroatoms. The van der Waals surface area contributed by atoms with E-state index in [9.17, 15) is 0 Å². The van der Waals surface area contributed by atoms with Gasteiger partial charge in [0.1, 0.15) is 5.75 Å². The summed E-state index contributed by atoms with van der Waals surface area (Å²) in [4.78, 5) is 0. The van der Waals surface area contributed by atoms with Crippen molar-refractivity contribution in [3.63, 3.8) is 0 Å². The average Bonchev–Trinajstić information content (AvgIpc) is 3.23. The molecule has 21 heavy (non-hydrogen) atoms. The zero-order chi connectivity index (χ0) is 14.8. The van der Waals surface area contributed by atoms with Crippen LogP contribution in [0.25, 0.3) is 0 Å². The molecule has 0 aromatic heterocycles. The van der Waals surface area contributed by atoms with Crippen molar-refractivity contribution in [1.29, 1.82) is 0 Å². The number of rotatable bonds is 5. The quantitative estimate of drug-likeness (QED) is 0.878. The van der Waals surface area contributed by atoms with Crippen molar-refractivity contribution in [3.05, 3.63) is 64.2 Å². The Kier molecular flexibility index (Phi) is 4.18. The molecule has 1 aliphatic rings. The first kappa shape index (κ1) is 14.4. The molecule has 1 fully saturated rings. The van der Waals surface area contributed by atoms with Crippen LogP contribution in [0.1, 0.15) is 35.6 Å². The summed E-state index contributed by atoms with van der Waals surface area (Å²) in [5, 5.41) is 4.14. The number of ether oxygens (including phenoxy) is 1. The third-order valence-corrected chi connectivity index (χ3v) is 3.92. The van der Waals surface area contributed by atoms with Gasteiger partial charge in [-0.3, -0.25) is 0 Å². The zero-order valence-corrected chi connectivity index (χ0v) is 13.2. The molecule has 1 saturated carbocycles. The van der Waals surface area contributed by atoms with Crippen LogP contribution >= 0.6 is 11.6 Å². The molecule has 1 atom stereocenters. The van der Waals surface area contributed by atoms with Crippen LogP contribution in [0.4, 0.5) is 0 Å². The van der Waals surface area contributed by atoms with Crippen molar-refractivity contribution in [2.45, 2.75) is 31.9 Å². The highest BCUT2D eigenvalue weighted by Crippen LogP contribution is 2.31. The van der Waals surface area contributed by atoms with Crippen LogP contribution in [0.2, 0.25) is 5.02 Å². The van der Waals surface area contributed by atoms with E-state index < -0.39 is 0 Å². The van der Waals surface area contributed by atoms with E-state index in [4.69, 9.17) is 16.3 Å². The summed E-state index contributed by atoms with van der Waals surface area (Å²) >= 11 is 6.19. The Labute approximate surface area is 131 Å². The number of benzene rings is 2. The van der Waals surface area contributed by atoms with Crippen molar-refractivity contribution in [2.75, 3.05) is 7.05 Å². The Balaban J connectivity index is 1.91. The summed E-state index contributed by atoms with van der Waals surface area (Å²) in [5.41, 5.74) is 3.53. The highest BCUT2D eigenvalue weighted by Gasteiger charge is 2.23. The van der Waals surface area contributed by atoms with E-state index >= 15 is 0 Å². The van der Waals surface area contributed by atoms with Gasteiger partial charge in [0.05, 0.1) is 12.1 Å². The zero-order valence-electron chi connectivity index (χ0n) is 12.4. The van der Waals surface area contributed by atoms with Crippen LogP contribution < -0.4 is 10.1 Å². The van der Waals surface area contributed by atoms with Crippen LogP contribution in [-0.4, -0.2) is 13.2 Å². The van der Waals surface area contributed by atoms with Gasteiger partial charge in [0, 0.05) is 5.02 Å². The number of hydrogen-bond donors (Lipinski definition) is 1. The molecule has 1 aliphatic carbocycles. The van der Waals surface area contributed by atoms with E-state index in [1.54, 1.807) is 0 Å². The van der Waals surface area contributed by atoms with E-state index in [0.29, 0.717) is 6.10 Å². The van der Waals surface area contributed by atoms with E-state index in [-0.39, 0.29) is 6.04 Å². The Bertz CT molecular complexity index is 617. The van der Waals surface area contributed by atoms with Crippen LogP contribution in [0.15, 0.2) is 42.5 Å². The monoisotopic (exact) mass is 301 g/mol. The van der Waals surface area contributed by atoms with Gasteiger partial charge in [-0.05, 0) is 67.8 Å². The predicted octanol–water partition coefficient (Wildman–Crippen LogP) is 4.50. The molecule has 0 aliphatic heterocycles. The third-order valence-electron chi connectivity index (χ3n) is 3.71. The minimum Gasteiger partial charge on any atom is -0.490 e. The molecule has 3 rings (SSSR count). The van der Waals surface area contributed by atoms with E-state index in [1.165, 1.54) is 29.5 Å². The lowest BCUT2D eigenvalue weighted by molar-refractivity contribution is 0.302. The predicted molar refractivity (Wildman–Crippen MR) is 87.2 cm³/mol. The van der Waals surface area contributed by atoms with Crippen LogP contribution in [0.3, 0.4) is 0 Å². The normalized spacial score (nSPS) is 15.8. The summed E-state index contributed by atoms with van der Waals surface area (Å²) in [6.07, 6.45) is 2.77. The SMILES string of the molecule is CNC(c1cc(C)cc(Cl)c1)c1cccc(OC2CC2)c1. The van der Waals surface area contributed by atoms with Gasteiger partial charge >= 0.3 is 0 Å². The summed E-state index contributed by atoms with van der Waals surface area (Å²) in [6.45, 7) is 2.06. The second-order valence-electron chi connectivity index (χ2n) is 5.67. The van der Waals surface area contributed by atoms with Gasteiger partial charge in [0.2, 0.25) is 0 Å². The molecule has 2 aromatic carbocycles. The lowest BCUT2D eigenvalue weighted by Crippen LogP contribution is -2.18. The Morgan fingerprint density at radius 2 is 1.95 bits per heavy atom. The van der Waals surface area contributed by atoms with Crippen molar-refractivity contribution in [1.82, 2.24) is 5.32 Å². The minimum atomic E-state index is 0.116. The summed E-state index contributed by atoms with van der Waals surface area (Å²) in [5.74, 6) is 0.953. The molecule has 1 unspecified atom stereocenters. The highest BCUT2D eigenvalue weighted by molar-refractivity contribution is 6.30. The van der Waals surface area contributed by atoms with Gasteiger partial charge in [-0.25, -0.2) is 0 Å². The summed E-state index contributed by atoms with van der Waals surface area (Å²) < 4.78 is 5.89. The fourth-order valence-corrected chi connectivity index (χ4v) is 2.90. The molecule has 110 valence electrons. The van der Waals surface area contributed by atoms with Crippen molar-refractivity contribution >= 4 is 11.6 Å². The smallest absolute Gasteiger partial charge is 0.120 e. The molecule has 2 nitrogen and oxygen atoms in total. The number of halogens is 1. The van der Waals surface area contributed by atoms with E-state index in [1.807, 2.05) is 25.2 Å². The van der Waals surface area contributed by atoms with Crippen molar-refractivity contribution in [3.8, 4) is 5.75 Å². The number of hydrogen-bond acceptors (Lipinski definition) is 2. The Morgan fingerprint density at radius 1 is 1.14 bits per heavy atom.